The second-order valence-corrected chi connectivity index (χ2v) is 6.37. The van der Waals surface area contributed by atoms with Crippen LogP contribution in [0.5, 0.6) is 0 Å². The van der Waals surface area contributed by atoms with E-state index in [1.165, 1.54) is 28.2 Å². The van der Waals surface area contributed by atoms with E-state index in [-0.39, 0.29) is 17.2 Å². The average Bonchev–Trinajstić information content (AvgIpc) is 3.05. The number of anilines is 1. The highest BCUT2D eigenvalue weighted by atomic mass is 32.1. The molecule has 0 aliphatic heterocycles. The van der Waals surface area contributed by atoms with Crippen molar-refractivity contribution in [3.63, 3.8) is 0 Å². The number of carbonyl (C=O) groups is 1. The van der Waals surface area contributed by atoms with Crippen molar-refractivity contribution in [3.8, 4) is 5.69 Å². The summed E-state index contributed by atoms with van der Waals surface area (Å²) in [5.74, 6) is -0.197. The lowest BCUT2D eigenvalue weighted by Crippen LogP contribution is -2.24. The van der Waals surface area contributed by atoms with Gasteiger partial charge in [-0.05, 0) is 18.2 Å². The first-order valence-electron chi connectivity index (χ1n) is 7.35. The molecular weight excluding hydrogens is 326 g/mol. The Bertz CT molecular complexity index is 917. The first-order valence-corrected chi connectivity index (χ1v) is 8.17. The summed E-state index contributed by atoms with van der Waals surface area (Å²) < 4.78 is 1.19. The number of benzene rings is 1. The van der Waals surface area contributed by atoms with Gasteiger partial charge in [0, 0.05) is 12.0 Å². The molecule has 7 nitrogen and oxygen atoms in total. The molecule has 0 spiro atoms. The standard InChI is InChI=1S/C16H15N5O2S/c1-10(2)15-18-19-16(24-15)17-14(23)12-8-9-13(22)21(20-12)11-6-4-3-5-7-11/h3-10H,1-2H3,(H,17,19,23). The third kappa shape index (κ3) is 3.38. The summed E-state index contributed by atoms with van der Waals surface area (Å²) in [6, 6.07) is 11.6. The number of carbonyl (C=O) groups excluding carboxylic acids is 1. The van der Waals surface area contributed by atoms with Crippen LogP contribution in [0.4, 0.5) is 5.13 Å². The molecule has 122 valence electrons. The molecule has 0 saturated heterocycles. The lowest BCUT2D eigenvalue weighted by atomic mass is 10.2. The summed E-state index contributed by atoms with van der Waals surface area (Å²) in [5.41, 5.74) is 0.408. The van der Waals surface area contributed by atoms with Crippen LogP contribution in [0.15, 0.2) is 47.3 Å². The Morgan fingerprint density at radius 2 is 1.88 bits per heavy atom. The van der Waals surface area contributed by atoms with Gasteiger partial charge in [-0.3, -0.25) is 14.9 Å². The summed E-state index contributed by atoms with van der Waals surface area (Å²) >= 11 is 1.32. The maximum Gasteiger partial charge on any atom is 0.277 e. The molecule has 0 radical (unpaired) electrons. The highest BCUT2D eigenvalue weighted by Gasteiger charge is 2.14. The predicted octanol–water partition coefficient (Wildman–Crippen LogP) is 2.46. The number of hydrogen-bond donors (Lipinski definition) is 1. The van der Waals surface area contributed by atoms with Gasteiger partial charge in [-0.25, -0.2) is 0 Å². The molecule has 24 heavy (non-hydrogen) atoms. The highest BCUT2D eigenvalue weighted by molar-refractivity contribution is 7.15. The van der Waals surface area contributed by atoms with Gasteiger partial charge in [0.15, 0.2) is 0 Å². The molecule has 2 aromatic heterocycles. The molecule has 1 N–H and O–H groups in total. The Hall–Kier alpha value is -2.87. The van der Waals surface area contributed by atoms with Gasteiger partial charge in [0.25, 0.3) is 11.5 Å². The van der Waals surface area contributed by atoms with Crippen LogP contribution in [0.2, 0.25) is 0 Å². The van der Waals surface area contributed by atoms with Crippen LogP contribution in [-0.2, 0) is 0 Å². The number of hydrogen-bond acceptors (Lipinski definition) is 6. The molecule has 8 heteroatoms. The molecule has 0 atom stereocenters. The van der Waals surface area contributed by atoms with Gasteiger partial charge in [-0.1, -0.05) is 43.4 Å². The van der Waals surface area contributed by atoms with Crippen molar-refractivity contribution in [2.24, 2.45) is 0 Å². The van der Waals surface area contributed by atoms with E-state index in [1.54, 1.807) is 24.3 Å². The zero-order chi connectivity index (χ0) is 17.1. The molecular formula is C16H15N5O2S. The van der Waals surface area contributed by atoms with Crippen molar-refractivity contribution >= 4 is 22.4 Å². The Balaban J connectivity index is 1.86. The van der Waals surface area contributed by atoms with Crippen LogP contribution in [0.1, 0.15) is 35.3 Å². The quantitative estimate of drug-likeness (QED) is 0.787. The van der Waals surface area contributed by atoms with Gasteiger partial charge >= 0.3 is 0 Å². The Morgan fingerprint density at radius 3 is 2.54 bits per heavy atom. The van der Waals surface area contributed by atoms with Crippen LogP contribution >= 0.6 is 11.3 Å². The summed E-state index contributed by atoms with van der Waals surface area (Å²) in [5, 5.41) is 16.0. The van der Waals surface area contributed by atoms with E-state index < -0.39 is 5.91 Å². The molecule has 0 unspecified atom stereocenters. The number of amides is 1. The normalized spacial score (nSPS) is 10.8. The molecule has 1 aromatic carbocycles. The minimum atomic E-state index is -0.439. The zero-order valence-electron chi connectivity index (χ0n) is 13.1. The van der Waals surface area contributed by atoms with Crippen molar-refractivity contribution in [2.45, 2.75) is 19.8 Å². The van der Waals surface area contributed by atoms with Gasteiger partial charge in [0.1, 0.15) is 10.7 Å². The fraction of sp³-hybridized carbons (Fsp3) is 0.188. The van der Waals surface area contributed by atoms with E-state index in [2.05, 4.69) is 20.6 Å². The Kier molecular flexibility index (Phi) is 4.48. The van der Waals surface area contributed by atoms with E-state index in [9.17, 15) is 9.59 Å². The molecule has 0 aliphatic carbocycles. The van der Waals surface area contributed by atoms with Crippen LogP contribution in [-0.4, -0.2) is 25.9 Å². The van der Waals surface area contributed by atoms with E-state index in [1.807, 2.05) is 19.9 Å². The van der Waals surface area contributed by atoms with Crippen molar-refractivity contribution in [1.82, 2.24) is 20.0 Å². The molecule has 3 aromatic rings. The van der Waals surface area contributed by atoms with E-state index in [0.717, 1.165) is 5.01 Å². The number of aromatic nitrogens is 4. The third-order valence-electron chi connectivity index (χ3n) is 3.19. The maximum atomic E-state index is 12.3. The van der Waals surface area contributed by atoms with E-state index in [4.69, 9.17) is 0 Å². The fourth-order valence-electron chi connectivity index (χ4n) is 1.97. The van der Waals surface area contributed by atoms with Gasteiger partial charge in [-0.15, -0.1) is 10.2 Å². The van der Waals surface area contributed by atoms with E-state index >= 15 is 0 Å². The third-order valence-corrected chi connectivity index (χ3v) is 4.33. The summed E-state index contributed by atoms with van der Waals surface area (Å²) in [6.45, 7) is 4.01. The molecule has 1 amide bonds. The molecule has 0 fully saturated rings. The van der Waals surface area contributed by atoms with Crippen molar-refractivity contribution in [3.05, 3.63) is 63.5 Å². The summed E-state index contributed by atoms with van der Waals surface area (Å²) in [7, 11) is 0. The second kappa shape index (κ2) is 6.71. The predicted molar refractivity (Wildman–Crippen MR) is 91.8 cm³/mol. The second-order valence-electron chi connectivity index (χ2n) is 5.36. The molecule has 0 aliphatic rings. The largest absolute Gasteiger partial charge is 0.295 e. The lowest BCUT2D eigenvalue weighted by Gasteiger charge is -2.06. The monoisotopic (exact) mass is 341 g/mol. The van der Waals surface area contributed by atoms with Gasteiger partial charge in [-0.2, -0.15) is 9.78 Å². The summed E-state index contributed by atoms with van der Waals surface area (Å²) in [4.78, 5) is 24.3. The lowest BCUT2D eigenvalue weighted by molar-refractivity contribution is 0.102. The van der Waals surface area contributed by atoms with Crippen LogP contribution in [0.25, 0.3) is 5.69 Å². The summed E-state index contributed by atoms with van der Waals surface area (Å²) in [6.07, 6.45) is 0. The minimum absolute atomic E-state index is 0.125. The molecule has 3 rings (SSSR count). The van der Waals surface area contributed by atoms with Gasteiger partial charge in [0.2, 0.25) is 5.13 Å². The molecule has 2 heterocycles. The van der Waals surface area contributed by atoms with Crippen LogP contribution in [0.3, 0.4) is 0 Å². The van der Waals surface area contributed by atoms with Crippen LogP contribution in [0, 0.1) is 0 Å². The first kappa shape index (κ1) is 16.0. The average molecular weight is 341 g/mol. The number of nitrogens with one attached hydrogen (secondary N) is 1. The number of nitrogens with zero attached hydrogens (tertiary/aromatic N) is 4. The highest BCUT2D eigenvalue weighted by Crippen LogP contribution is 2.22. The zero-order valence-corrected chi connectivity index (χ0v) is 13.9. The first-order chi connectivity index (χ1) is 11.5. The number of rotatable bonds is 4. The van der Waals surface area contributed by atoms with Crippen molar-refractivity contribution < 1.29 is 4.79 Å². The molecule has 0 bridgehead atoms. The van der Waals surface area contributed by atoms with Crippen LogP contribution < -0.4 is 10.9 Å². The van der Waals surface area contributed by atoms with Crippen molar-refractivity contribution in [1.29, 1.82) is 0 Å². The maximum absolute atomic E-state index is 12.3. The SMILES string of the molecule is CC(C)c1nnc(NC(=O)c2ccc(=O)n(-c3ccccc3)n2)s1. The fourth-order valence-corrected chi connectivity index (χ4v) is 2.71. The Labute approximate surface area is 142 Å². The minimum Gasteiger partial charge on any atom is -0.295 e. The Morgan fingerprint density at radius 1 is 1.12 bits per heavy atom. The van der Waals surface area contributed by atoms with Gasteiger partial charge in [0.05, 0.1) is 5.69 Å². The van der Waals surface area contributed by atoms with E-state index in [0.29, 0.717) is 10.8 Å². The molecule has 0 saturated carbocycles. The topological polar surface area (TPSA) is 89.8 Å². The number of para-hydroxylation sites is 1. The van der Waals surface area contributed by atoms with Gasteiger partial charge < -0.3 is 0 Å². The smallest absolute Gasteiger partial charge is 0.277 e. The van der Waals surface area contributed by atoms with Crippen molar-refractivity contribution in [2.75, 3.05) is 5.32 Å².